The van der Waals surface area contributed by atoms with Crippen LogP contribution in [0.25, 0.3) is 0 Å². The number of amides is 1. The van der Waals surface area contributed by atoms with Gasteiger partial charge in [-0.3, -0.25) is 9.48 Å². The number of hydrogen-bond donors (Lipinski definition) is 2. The minimum absolute atomic E-state index is 0.0878. The van der Waals surface area contributed by atoms with Gasteiger partial charge in [0, 0.05) is 26.2 Å². The van der Waals surface area contributed by atoms with E-state index in [0.29, 0.717) is 24.2 Å². The van der Waals surface area contributed by atoms with E-state index >= 15 is 0 Å². The predicted molar refractivity (Wildman–Crippen MR) is 87.2 cm³/mol. The first-order valence-corrected chi connectivity index (χ1v) is 7.57. The average molecular weight is 317 g/mol. The fourth-order valence-electron chi connectivity index (χ4n) is 2.41. The fourth-order valence-corrected chi connectivity index (χ4v) is 2.41. The van der Waals surface area contributed by atoms with Crippen LogP contribution in [0.3, 0.4) is 0 Å². The van der Waals surface area contributed by atoms with Crippen molar-refractivity contribution >= 4 is 5.91 Å². The van der Waals surface area contributed by atoms with Gasteiger partial charge in [-0.25, -0.2) is 0 Å². The first-order valence-electron chi connectivity index (χ1n) is 7.57. The Morgan fingerprint density at radius 3 is 2.91 bits per heavy atom. The zero-order valence-corrected chi connectivity index (χ0v) is 13.7. The molecule has 0 spiro atoms. The standard InChI is InChI=1S/C17H23N3O3/c1-12-14(11-20(2)19-12)7-8-17(22)18-10-16(21)13-5-4-6-15(9-13)23-3/h4-6,9,11,16,21H,7-8,10H2,1-3H3,(H,18,22). The number of methoxy groups -OCH3 is 1. The van der Waals surface area contributed by atoms with Crippen LogP contribution in [0.2, 0.25) is 0 Å². The Morgan fingerprint density at radius 1 is 1.48 bits per heavy atom. The fraction of sp³-hybridized carbons (Fsp3) is 0.412. The number of aromatic nitrogens is 2. The van der Waals surface area contributed by atoms with Crippen molar-refractivity contribution in [3.8, 4) is 5.75 Å². The van der Waals surface area contributed by atoms with Gasteiger partial charge in [0.15, 0.2) is 0 Å². The monoisotopic (exact) mass is 317 g/mol. The van der Waals surface area contributed by atoms with Gasteiger partial charge in [0.05, 0.1) is 18.9 Å². The highest BCUT2D eigenvalue weighted by molar-refractivity contribution is 5.76. The van der Waals surface area contributed by atoms with Crippen molar-refractivity contribution in [3.05, 3.63) is 47.3 Å². The molecular formula is C17H23N3O3. The molecule has 0 aliphatic rings. The molecule has 1 aromatic heterocycles. The molecular weight excluding hydrogens is 294 g/mol. The lowest BCUT2D eigenvalue weighted by Crippen LogP contribution is -2.28. The molecule has 2 aromatic rings. The molecule has 23 heavy (non-hydrogen) atoms. The number of nitrogens with zero attached hydrogens (tertiary/aromatic N) is 2. The normalized spacial score (nSPS) is 12.0. The largest absolute Gasteiger partial charge is 0.497 e. The molecule has 1 aromatic carbocycles. The second kappa shape index (κ2) is 7.78. The minimum Gasteiger partial charge on any atom is -0.497 e. The van der Waals surface area contributed by atoms with Crippen LogP contribution in [0.5, 0.6) is 5.75 Å². The number of rotatable bonds is 7. The van der Waals surface area contributed by atoms with Crippen molar-refractivity contribution in [2.75, 3.05) is 13.7 Å². The zero-order valence-electron chi connectivity index (χ0n) is 13.7. The van der Waals surface area contributed by atoms with E-state index < -0.39 is 6.10 Å². The van der Waals surface area contributed by atoms with E-state index in [9.17, 15) is 9.90 Å². The highest BCUT2D eigenvalue weighted by atomic mass is 16.5. The summed E-state index contributed by atoms with van der Waals surface area (Å²) in [6, 6.07) is 7.18. The number of carbonyl (C=O) groups excluding carboxylic acids is 1. The Labute approximate surface area is 136 Å². The van der Waals surface area contributed by atoms with Crippen molar-refractivity contribution in [1.29, 1.82) is 0 Å². The van der Waals surface area contributed by atoms with Crippen molar-refractivity contribution in [1.82, 2.24) is 15.1 Å². The van der Waals surface area contributed by atoms with E-state index in [1.54, 1.807) is 23.9 Å². The van der Waals surface area contributed by atoms with Crippen LogP contribution in [0.1, 0.15) is 29.3 Å². The highest BCUT2D eigenvalue weighted by Gasteiger charge is 2.11. The smallest absolute Gasteiger partial charge is 0.220 e. The molecule has 0 fully saturated rings. The lowest BCUT2D eigenvalue weighted by molar-refractivity contribution is -0.121. The number of benzene rings is 1. The van der Waals surface area contributed by atoms with Gasteiger partial charge in [0.2, 0.25) is 5.91 Å². The molecule has 0 aliphatic heterocycles. The lowest BCUT2D eigenvalue weighted by Gasteiger charge is -2.13. The van der Waals surface area contributed by atoms with E-state index in [0.717, 1.165) is 11.3 Å². The third kappa shape index (κ3) is 4.82. The Kier molecular flexibility index (Phi) is 5.76. The van der Waals surface area contributed by atoms with Crippen LogP contribution < -0.4 is 10.1 Å². The van der Waals surface area contributed by atoms with Crippen molar-refractivity contribution < 1.29 is 14.6 Å². The van der Waals surface area contributed by atoms with E-state index in [-0.39, 0.29) is 12.5 Å². The van der Waals surface area contributed by atoms with Crippen molar-refractivity contribution in [3.63, 3.8) is 0 Å². The highest BCUT2D eigenvalue weighted by Crippen LogP contribution is 2.18. The summed E-state index contributed by atoms with van der Waals surface area (Å²) in [6.07, 6.45) is 2.18. The third-order valence-electron chi connectivity index (χ3n) is 3.71. The average Bonchev–Trinajstić information content (AvgIpc) is 2.88. The maximum Gasteiger partial charge on any atom is 0.220 e. The molecule has 0 aliphatic carbocycles. The SMILES string of the molecule is COc1cccc(C(O)CNC(=O)CCc2cn(C)nc2C)c1. The number of carbonyl (C=O) groups is 1. The topological polar surface area (TPSA) is 76.4 Å². The Morgan fingerprint density at radius 2 is 2.26 bits per heavy atom. The molecule has 124 valence electrons. The number of aliphatic hydroxyl groups is 1. The summed E-state index contributed by atoms with van der Waals surface area (Å²) in [5.41, 5.74) is 2.72. The van der Waals surface area contributed by atoms with Gasteiger partial charge in [0.25, 0.3) is 0 Å². The summed E-state index contributed by atoms with van der Waals surface area (Å²) >= 11 is 0. The second-order valence-corrected chi connectivity index (χ2v) is 5.51. The van der Waals surface area contributed by atoms with E-state index in [2.05, 4.69) is 10.4 Å². The molecule has 1 atom stereocenters. The first-order chi connectivity index (χ1) is 11.0. The number of aliphatic hydroxyl groups excluding tert-OH is 1. The maximum atomic E-state index is 11.9. The molecule has 0 saturated carbocycles. The lowest BCUT2D eigenvalue weighted by atomic mass is 10.1. The Hall–Kier alpha value is -2.34. The third-order valence-corrected chi connectivity index (χ3v) is 3.71. The second-order valence-electron chi connectivity index (χ2n) is 5.51. The first kappa shape index (κ1) is 17.0. The molecule has 1 amide bonds. The Balaban J connectivity index is 1.80. The van der Waals surface area contributed by atoms with Crippen molar-refractivity contribution in [2.45, 2.75) is 25.9 Å². The maximum absolute atomic E-state index is 11.9. The molecule has 2 rings (SSSR count). The van der Waals surface area contributed by atoms with E-state index in [4.69, 9.17) is 4.74 Å². The minimum atomic E-state index is -0.755. The molecule has 1 heterocycles. The van der Waals surface area contributed by atoms with E-state index in [1.165, 1.54) is 0 Å². The van der Waals surface area contributed by atoms with Crippen LogP contribution in [-0.2, 0) is 18.3 Å². The molecule has 0 radical (unpaired) electrons. The molecule has 0 saturated heterocycles. The predicted octanol–water partition coefficient (Wildman–Crippen LogP) is 1.52. The van der Waals surface area contributed by atoms with Gasteiger partial charge in [0.1, 0.15) is 5.75 Å². The molecule has 1 unspecified atom stereocenters. The number of nitrogens with one attached hydrogen (secondary N) is 1. The molecule has 6 nitrogen and oxygen atoms in total. The van der Waals surface area contributed by atoms with Gasteiger partial charge in [-0.2, -0.15) is 5.10 Å². The molecule has 0 bridgehead atoms. The summed E-state index contributed by atoms with van der Waals surface area (Å²) in [7, 11) is 3.44. The zero-order chi connectivity index (χ0) is 16.8. The van der Waals surface area contributed by atoms with E-state index in [1.807, 2.05) is 32.3 Å². The summed E-state index contributed by atoms with van der Waals surface area (Å²) in [5.74, 6) is 0.593. The van der Waals surface area contributed by atoms with Gasteiger partial charge >= 0.3 is 0 Å². The van der Waals surface area contributed by atoms with Gasteiger partial charge in [-0.1, -0.05) is 12.1 Å². The number of ether oxygens (including phenoxy) is 1. The van der Waals surface area contributed by atoms with Crippen LogP contribution in [0.15, 0.2) is 30.5 Å². The van der Waals surface area contributed by atoms with Gasteiger partial charge < -0.3 is 15.2 Å². The van der Waals surface area contributed by atoms with Crippen molar-refractivity contribution in [2.24, 2.45) is 7.05 Å². The summed E-state index contributed by atoms with van der Waals surface area (Å²) in [5, 5.41) is 17.1. The summed E-state index contributed by atoms with van der Waals surface area (Å²) in [4.78, 5) is 11.9. The van der Waals surface area contributed by atoms with Crippen LogP contribution >= 0.6 is 0 Å². The van der Waals surface area contributed by atoms with Crippen LogP contribution in [0.4, 0.5) is 0 Å². The van der Waals surface area contributed by atoms with Crippen LogP contribution in [0, 0.1) is 6.92 Å². The quantitative estimate of drug-likeness (QED) is 0.812. The summed E-state index contributed by atoms with van der Waals surface area (Å²) < 4.78 is 6.87. The number of hydrogen-bond acceptors (Lipinski definition) is 4. The van der Waals surface area contributed by atoms with Crippen LogP contribution in [-0.4, -0.2) is 34.4 Å². The molecule has 6 heteroatoms. The number of aryl methyl sites for hydroxylation is 3. The molecule has 2 N–H and O–H groups in total. The van der Waals surface area contributed by atoms with Gasteiger partial charge in [-0.05, 0) is 36.6 Å². The summed E-state index contributed by atoms with van der Waals surface area (Å²) in [6.45, 7) is 2.11. The Bertz CT molecular complexity index is 667. The van der Waals surface area contributed by atoms with Gasteiger partial charge in [-0.15, -0.1) is 0 Å².